The van der Waals surface area contributed by atoms with E-state index in [9.17, 15) is 9.90 Å². The molecule has 0 aromatic rings. The number of hydrogen-bond acceptors (Lipinski definition) is 4. The van der Waals surface area contributed by atoms with Gasteiger partial charge in [-0.3, -0.25) is 5.14 Å². The summed E-state index contributed by atoms with van der Waals surface area (Å²) < 4.78 is 0. The number of rotatable bonds is 4. The van der Waals surface area contributed by atoms with Crippen LogP contribution in [-0.2, 0) is 4.79 Å². The molecule has 0 rings (SSSR count). The van der Waals surface area contributed by atoms with Crippen LogP contribution in [0.3, 0.4) is 0 Å². The van der Waals surface area contributed by atoms with Gasteiger partial charge in [-0.15, -0.1) is 0 Å². The molecule has 0 atom stereocenters. The van der Waals surface area contributed by atoms with Crippen molar-refractivity contribution >= 4 is 17.9 Å². The number of aliphatic carboxylic acids is 1. The molecule has 0 bridgehead atoms. The molecule has 0 saturated carbocycles. The molecule has 0 radical (unpaired) electrons. The van der Waals surface area contributed by atoms with E-state index >= 15 is 0 Å². The minimum atomic E-state index is -1.00. The van der Waals surface area contributed by atoms with E-state index < -0.39 is 5.97 Å². The minimum Gasteiger partial charge on any atom is -0.550 e. The number of nitrogens with two attached hydrogens (primary N) is 1. The predicted molar refractivity (Wildman–Crippen MR) is 30.9 cm³/mol. The van der Waals surface area contributed by atoms with Crippen molar-refractivity contribution in [3.8, 4) is 0 Å². The van der Waals surface area contributed by atoms with E-state index in [0.29, 0.717) is 12.2 Å². The zero-order valence-corrected chi connectivity index (χ0v) is 8.24. The quantitative estimate of drug-likeness (QED) is 0.257. The van der Waals surface area contributed by atoms with E-state index in [-0.39, 0.29) is 36.0 Å². The Bertz CT molecular complexity index is 81.0. The Kier molecular flexibility index (Phi) is 12.2. The molecule has 5 heteroatoms. The molecule has 9 heavy (non-hydrogen) atoms. The monoisotopic (exact) mass is 157 g/mol. The topological polar surface area (TPSA) is 66.2 Å². The van der Waals surface area contributed by atoms with Crippen LogP contribution in [0.15, 0.2) is 0 Å². The largest absolute Gasteiger partial charge is 1.00 e. The molecular weight excluding hydrogens is 149 g/mol. The van der Waals surface area contributed by atoms with Gasteiger partial charge >= 0.3 is 29.6 Å². The Labute approximate surface area is 80.8 Å². The Morgan fingerprint density at radius 1 is 1.67 bits per heavy atom. The zero-order chi connectivity index (χ0) is 6.41. The summed E-state index contributed by atoms with van der Waals surface area (Å²) in [5.41, 5.74) is 0. The van der Waals surface area contributed by atoms with Crippen molar-refractivity contribution in [2.45, 2.75) is 12.8 Å². The maximum atomic E-state index is 9.71. The molecule has 0 amide bonds. The van der Waals surface area contributed by atoms with Gasteiger partial charge in [-0.25, -0.2) is 0 Å². The van der Waals surface area contributed by atoms with E-state index in [2.05, 4.69) is 0 Å². The second-order valence-corrected chi connectivity index (χ2v) is 2.09. The van der Waals surface area contributed by atoms with Gasteiger partial charge in [0, 0.05) is 11.7 Å². The molecule has 3 nitrogen and oxygen atoms in total. The van der Waals surface area contributed by atoms with Gasteiger partial charge in [0.15, 0.2) is 0 Å². The molecule has 0 aliphatic rings. The Morgan fingerprint density at radius 3 is 2.56 bits per heavy atom. The van der Waals surface area contributed by atoms with Crippen molar-refractivity contribution < 1.29 is 39.5 Å². The SMILES string of the molecule is NSCCCC(=O)[O-].[Na+]. The molecular formula is C4H8NNaO2S. The third-order valence-electron chi connectivity index (χ3n) is 0.643. The van der Waals surface area contributed by atoms with E-state index in [1.807, 2.05) is 0 Å². The number of carbonyl (C=O) groups excluding carboxylic acids is 1. The van der Waals surface area contributed by atoms with Gasteiger partial charge in [-0.1, -0.05) is 11.9 Å². The van der Waals surface area contributed by atoms with Crippen molar-refractivity contribution in [2.75, 3.05) is 5.75 Å². The molecule has 2 N–H and O–H groups in total. The first-order valence-corrected chi connectivity index (χ1v) is 3.33. The van der Waals surface area contributed by atoms with Crippen molar-refractivity contribution in [2.24, 2.45) is 5.14 Å². The summed E-state index contributed by atoms with van der Waals surface area (Å²) in [4.78, 5) is 9.71. The van der Waals surface area contributed by atoms with Crippen molar-refractivity contribution in [1.82, 2.24) is 0 Å². The molecule has 0 unspecified atom stereocenters. The Morgan fingerprint density at radius 2 is 2.22 bits per heavy atom. The average Bonchev–Trinajstić information content (AvgIpc) is 1.66. The standard InChI is InChI=1S/C4H9NO2S.Na/c5-8-3-1-2-4(6)7;/h1-3,5H2,(H,6,7);/q;+1/p-1. The summed E-state index contributed by atoms with van der Waals surface area (Å²) in [5, 5.41) is 14.7. The fourth-order valence-electron chi connectivity index (χ4n) is 0.300. The van der Waals surface area contributed by atoms with Gasteiger partial charge in [0.05, 0.1) is 0 Å². The fourth-order valence-corrected chi connectivity index (χ4v) is 0.611. The second-order valence-electron chi connectivity index (χ2n) is 1.35. The van der Waals surface area contributed by atoms with Gasteiger partial charge in [0.1, 0.15) is 0 Å². The maximum absolute atomic E-state index is 9.71. The molecule has 0 fully saturated rings. The molecule has 0 aliphatic heterocycles. The van der Waals surface area contributed by atoms with Gasteiger partial charge < -0.3 is 9.90 Å². The summed E-state index contributed by atoms with van der Waals surface area (Å²) in [6.45, 7) is 0. The summed E-state index contributed by atoms with van der Waals surface area (Å²) in [5.74, 6) is -0.312. The van der Waals surface area contributed by atoms with Crippen LogP contribution in [0, 0.1) is 0 Å². The first-order valence-electron chi connectivity index (χ1n) is 2.29. The second kappa shape index (κ2) is 8.78. The number of carbonyl (C=O) groups is 1. The predicted octanol–water partition coefficient (Wildman–Crippen LogP) is -3.87. The van der Waals surface area contributed by atoms with Gasteiger partial charge in [-0.2, -0.15) is 0 Å². The number of carboxylic acid groups (broad SMARTS) is 1. The van der Waals surface area contributed by atoms with Crippen molar-refractivity contribution in [3.63, 3.8) is 0 Å². The van der Waals surface area contributed by atoms with E-state index in [1.54, 1.807) is 0 Å². The number of carboxylic acids is 1. The summed E-state index contributed by atoms with van der Waals surface area (Å²) in [6.07, 6.45) is 0.716. The molecule has 0 spiro atoms. The first-order chi connectivity index (χ1) is 3.77. The Hall–Kier alpha value is 0.780. The van der Waals surface area contributed by atoms with Crippen LogP contribution in [0.5, 0.6) is 0 Å². The molecule has 48 valence electrons. The van der Waals surface area contributed by atoms with Crippen molar-refractivity contribution in [3.05, 3.63) is 0 Å². The van der Waals surface area contributed by atoms with E-state index in [0.717, 1.165) is 11.9 Å². The molecule has 0 saturated heterocycles. The van der Waals surface area contributed by atoms with Crippen LogP contribution >= 0.6 is 11.9 Å². The summed E-state index contributed by atoms with van der Waals surface area (Å²) in [6, 6.07) is 0. The zero-order valence-electron chi connectivity index (χ0n) is 5.42. The third-order valence-corrected chi connectivity index (χ3v) is 1.17. The van der Waals surface area contributed by atoms with Crippen molar-refractivity contribution in [1.29, 1.82) is 0 Å². The Balaban J connectivity index is 0. The summed E-state index contributed by atoms with van der Waals surface area (Å²) in [7, 11) is 0. The molecule has 0 aromatic heterocycles. The van der Waals surface area contributed by atoms with E-state index in [4.69, 9.17) is 5.14 Å². The molecule has 0 aromatic carbocycles. The van der Waals surface area contributed by atoms with Gasteiger partial charge in [0.25, 0.3) is 0 Å². The molecule has 0 heterocycles. The normalized spacial score (nSPS) is 8.11. The van der Waals surface area contributed by atoms with Crippen LogP contribution in [0.4, 0.5) is 0 Å². The molecule has 0 aliphatic carbocycles. The van der Waals surface area contributed by atoms with Crippen LogP contribution in [0.2, 0.25) is 0 Å². The smallest absolute Gasteiger partial charge is 0.550 e. The minimum absolute atomic E-state index is 0. The average molecular weight is 157 g/mol. The maximum Gasteiger partial charge on any atom is 1.00 e. The van der Waals surface area contributed by atoms with Crippen LogP contribution < -0.4 is 39.8 Å². The van der Waals surface area contributed by atoms with E-state index in [1.165, 1.54) is 0 Å². The van der Waals surface area contributed by atoms with Gasteiger partial charge in [-0.05, 0) is 12.8 Å². The van der Waals surface area contributed by atoms with Crippen LogP contribution in [-0.4, -0.2) is 11.7 Å². The number of hydrogen-bond donors (Lipinski definition) is 1. The fraction of sp³-hybridized carbons (Fsp3) is 0.750. The van der Waals surface area contributed by atoms with Gasteiger partial charge in [0.2, 0.25) is 0 Å². The van der Waals surface area contributed by atoms with Crippen LogP contribution in [0.1, 0.15) is 12.8 Å². The third kappa shape index (κ3) is 12.1. The van der Waals surface area contributed by atoms with Crippen LogP contribution in [0.25, 0.3) is 0 Å². The summed E-state index contributed by atoms with van der Waals surface area (Å²) >= 11 is 1.15. The first kappa shape index (κ1) is 12.5.